The molecule has 0 saturated carbocycles. The first kappa shape index (κ1) is 16.9. The molecule has 0 aliphatic carbocycles. The van der Waals surface area contributed by atoms with Gasteiger partial charge in [0.2, 0.25) is 5.91 Å². The fourth-order valence-corrected chi connectivity index (χ4v) is 3.45. The summed E-state index contributed by atoms with van der Waals surface area (Å²) in [6.07, 6.45) is 1.22. The molecule has 0 spiro atoms. The lowest BCUT2D eigenvalue weighted by molar-refractivity contribution is -0.163. The summed E-state index contributed by atoms with van der Waals surface area (Å²) in [4.78, 5) is 28.6. The van der Waals surface area contributed by atoms with E-state index in [1.54, 1.807) is 4.90 Å². The van der Waals surface area contributed by atoms with Gasteiger partial charge in [0.05, 0.1) is 26.3 Å². The average Bonchev–Trinajstić information content (AvgIpc) is 3.09. The van der Waals surface area contributed by atoms with Gasteiger partial charge in [-0.15, -0.1) is 0 Å². The van der Waals surface area contributed by atoms with Gasteiger partial charge >= 0.3 is 5.97 Å². The quantitative estimate of drug-likeness (QED) is 0.772. The summed E-state index contributed by atoms with van der Waals surface area (Å²) in [6, 6.07) is 10.1. The van der Waals surface area contributed by atoms with Gasteiger partial charge in [-0.2, -0.15) is 0 Å². The molecule has 6 nitrogen and oxygen atoms in total. The highest BCUT2D eigenvalue weighted by atomic mass is 16.6. The summed E-state index contributed by atoms with van der Waals surface area (Å²) < 4.78 is 10.1. The average molecular weight is 332 g/mol. The lowest BCUT2D eigenvalue weighted by Gasteiger charge is -2.35. The van der Waals surface area contributed by atoms with Crippen molar-refractivity contribution < 1.29 is 19.1 Å². The van der Waals surface area contributed by atoms with Crippen LogP contribution >= 0.6 is 0 Å². The Bertz CT molecular complexity index is 578. The number of esters is 1. The first-order valence-electron chi connectivity index (χ1n) is 8.45. The highest BCUT2D eigenvalue weighted by Crippen LogP contribution is 2.23. The van der Waals surface area contributed by atoms with Crippen molar-refractivity contribution in [1.29, 1.82) is 0 Å². The maximum absolute atomic E-state index is 12.9. The molecule has 0 N–H and O–H groups in total. The van der Waals surface area contributed by atoms with Gasteiger partial charge in [-0.25, -0.2) is 4.79 Å². The summed E-state index contributed by atoms with van der Waals surface area (Å²) >= 11 is 0. The van der Waals surface area contributed by atoms with Gasteiger partial charge in [0, 0.05) is 13.1 Å². The smallest absolute Gasteiger partial charge is 0.336 e. The van der Waals surface area contributed by atoms with E-state index in [1.165, 1.54) is 12.7 Å². The van der Waals surface area contributed by atoms with Crippen molar-refractivity contribution in [3.05, 3.63) is 35.9 Å². The van der Waals surface area contributed by atoms with Crippen LogP contribution in [-0.4, -0.2) is 67.2 Å². The van der Waals surface area contributed by atoms with Crippen molar-refractivity contribution in [2.24, 2.45) is 0 Å². The number of benzene rings is 1. The molecule has 0 radical (unpaired) electrons. The van der Waals surface area contributed by atoms with Gasteiger partial charge in [-0.05, 0) is 24.9 Å². The Morgan fingerprint density at radius 2 is 2.04 bits per heavy atom. The van der Waals surface area contributed by atoms with Crippen LogP contribution in [0.1, 0.15) is 18.4 Å². The molecule has 1 aromatic rings. The third-order valence-electron chi connectivity index (χ3n) is 4.72. The Morgan fingerprint density at radius 1 is 1.25 bits per heavy atom. The minimum atomic E-state index is -0.670. The van der Waals surface area contributed by atoms with E-state index in [1.807, 2.05) is 18.2 Å². The Balaban J connectivity index is 1.63. The van der Waals surface area contributed by atoms with Crippen molar-refractivity contribution in [2.45, 2.75) is 31.5 Å². The molecule has 2 aliphatic heterocycles. The molecule has 2 saturated heterocycles. The lowest BCUT2D eigenvalue weighted by Crippen LogP contribution is -2.53. The number of morpholine rings is 1. The molecule has 6 heteroatoms. The largest absolute Gasteiger partial charge is 0.467 e. The number of carbonyl (C=O) groups is 2. The van der Waals surface area contributed by atoms with Crippen LogP contribution in [0.5, 0.6) is 0 Å². The van der Waals surface area contributed by atoms with Crippen LogP contribution < -0.4 is 0 Å². The third kappa shape index (κ3) is 3.76. The second kappa shape index (κ2) is 7.77. The van der Waals surface area contributed by atoms with Crippen molar-refractivity contribution in [1.82, 2.24) is 9.80 Å². The first-order valence-corrected chi connectivity index (χ1v) is 8.45. The van der Waals surface area contributed by atoms with E-state index in [2.05, 4.69) is 17.0 Å². The summed E-state index contributed by atoms with van der Waals surface area (Å²) in [5.41, 5.74) is 1.21. The Kier molecular flexibility index (Phi) is 5.48. The van der Waals surface area contributed by atoms with E-state index >= 15 is 0 Å². The standard InChI is InChI=1S/C18H24N2O4/c1-23-18(22)16-13-20(10-11-24-16)17(21)15-8-5-9-19(15)12-14-6-3-2-4-7-14/h2-4,6-7,15-16H,5,8-13H2,1H3/t15-,16+/m0/s1. The number of ether oxygens (including phenoxy) is 2. The molecule has 2 fully saturated rings. The van der Waals surface area contributed by atoms with E-state index in [-0.39, 0.29) is 18.5 Å². The number of carbonyl (C=O) groups excluding carboxylic acids is 2. The molecule has 2 aliphatic rings. The molecule has 1 amide bonds. The molecule has 0 bridgehead atoms. The minimum absolute atomic E-state index is 0.0978. The molecule has 2 heterocycles. The summed E-state index contributed by atoms with van der Waals surface area (Å²) in [6.45, 7) is 2.89. The van der Waals surface area contributed by atoms with Crippen LogP contribution in [-0.2, 0) is 25.6 Å². The summed E-state index contributed by atoms with van der Waals surface area (Å²) in [7, 11) is 1.34. The molecule has 1 aromatic carbocycles. The van der Waals surface area contributed by atoms with Crippen LogP contribution in [0.25, 0.3) is 0 Å². The zero-order valence-corrected chi connectivity index (χ0v) is 14.0. The normalized spacial score (nSPS) is 24.8. The number of hydrogen-bond donors (Lipinski definition) is 0. The van der Waals surface area contributed by atoms with Crippen LogP contribution in [0.2, 0.25) is 0 Å². The fourth-order valence-electron chi connectivity index (χ4n) is 3.45. The number of hydrogen-bond acceptors (Lipinski definition) is 5. The second-order valence-corrected chi connectivity index (χ2v) is 6.28. The second-order valence-electron chi connectivity index (χ2n) is 6.28. The maximum atomic E-state index is 12.9. The van der Waals surface area contributed by atoms with Gasteiger partial charge in [-0.1, -0.05) is 30.3 Å². The Hall–Kier alpha value is -1.92. The molecule has 24 heavy (non-hydrogen) atoms. The number of likely N-dealkylation sites (tertiary alicyclic amines) is 1. The van der Waals surface area contributed by atoms with Crippen LogP contribution in [0, 0.1) is 0 Å². The van der Waals surface area contributed by atoms with E-state index in [9.17, 15) is 9.59 Å². The fraction of sp³-hybridized carbons (Fsp3) is 0.556. The highest BCUT2D eigenvalue weighted by Gasteiger charge is 2.37. The van der Waals surface area contributed by atoms with Crippen molar-refractivity contribution in [3.63, 3.8) is 0 Å². The molecular formula is C18H24N2O4. The minimum Gasteiger partial charge on any atom is -0.467 e. The maximum Gasteiger partial charge on any atom is 0.336 e. The monoisotopic (exact) mass is 332 g/mol. The van der Waals surface area contributed by atoms with Gasteiger partial charge in [0.25, 0.3) is 0 Å². The number of methoxy groups -OCH3 is 1. The molecule has 0 aromatic heterocycles. The zero-order valence-electron chi connectivity index (χ0n) is 14.0. The predicted molar refractivity (Wildman–Crippen MR) is 88.2 cm³/mol. The van der Waals surface area contributed by atoms with Crippen molar-refractivity contribution >= 4 is 11.9 Å². The molecule has 130 valence electrons. The molecular weight excluding hydrogens is 308 g/mol. The van der Waals surface area contributed by atoms with Crippen LogP contribution in [0.4, 0.5) is 0 Å². The number of amides is 1. The first-order chi connectivity index (χ1) is 11.7. The third-order valence-corrected chi connectivity index (χ3v) is 4.72. The van der Waals surface area contributed by atoms with E-state index in [0.29, 0.717) is 13.2 Å². The summed E-state index contributed by atoms with van der Waals surface area (Å²) in [5, 5.41) is 0. The van der Waals surface area contributed by atoms with Crippen LogP contribution in [0.15, 0.2) is 30.3 Å². The predicted octanol–water partition coefficient (Wildman–Crippen LogP) is 1.05. The highest BCUT2D eigenvalue weighted by molar-refractivity contribution is 5.83. The number of nitrogens with zero attached hydrogens (tertiary/aromatic N) is 2. The van der Waals surface area contributed by atoms with E-state index < -0.39 is 12.1 Å². The van der Waals surface area contributed by atoms with Crippen LogP contribution in [0.3, 0.4) is 0 Å². The van der Waals surface area contributed by atoms with E-state index in [0.717, 1.165) is 25.9 Å². The van der Waals surface area contributed by atoms with E-state index in [4.69, 9.17) is 9.47 Å². The van der Waals surface area contributed by atoms with Gasteiger partial charge < -0.3 is 14.4 Å². The molecule has 0 unspecified atom stereocenters. The van der Waals surface area contributed by atoms with Gasteiger partial charge in [0.1, 0.15) is 0 Å². The SMILES string of the molecule is COC(=O)[C@H]1CN(C(=O)[C@@H]2CCCN2Cc2ccccc2)CCO1. The Morgan fingerprint density at radius 3 is 2.79 bits per heavy atom. The number of rotatable bonds is 4. The molecule has 3 rings (SSSR count). The van der Waals surface area contributed by atoms with Gasteiger partial charge in [0.15, 0.2) is 6.10 Å². The topological polar surface area (TPSA) is 59.1 Å². The van der Waals surface area contributed by atoms with Crippen molar-refractivity contribution in [2.75, 3.05) is 33.4 Å². The van der Waals surface area contributed by atoms with Gasteiger partial charge in [-0.3, -0.25) is 9.69 Å². The lowest BCUT2D eigenvalue weighted by atomic mass is 10.1. The molecule has 2 atom stereocenters. The summed E-state index contributed by atoms with van der Waals surface area (Å²) in [5.74, 6) is -0.319. The van der Waals surface area contributed by atoms with Crippen molar-refractivity contribution in [3.8, 4) is 0 Å². The Labute approximate surface area is 142 Å². The zero-order chi connectivity index (χ0) is 16.9.